The number of carbonyl (C=O) groups excluding carboxylic acids is 2. The largest absolute Gasteiger partial charge is 0.445 e. The number of methoxy groups -OCH3 is 1. The van der Waals surface area contributed by atoms with Gasteiger partial charge in [0, 0.05) is 26.0 Å². The molecule has 1 aromatic carbocycles. The predicted octanol–water partition coefficient (Wildman–Crippen LogP) is 2.81. The SMILES string of the molecule is COC[C@H]1CC[C@@H](C(=O)NCc2nccnc2Cl)CN1C(=O)OCc1ccccc1. The van der Waals surface area contributed by atoms with Crippen LogP contribution in [0.15, 0.2) is 42.7 Å². The lowest BCUT2D eigenvalue weighted by atomic mass is 9.92. The Morgan fingerprint density at radius 3 is 2.70 bits per heavy atom. The van der Waals surface area contributed by atoms with E-state index in [1.165, 1.54) is 12.4 Å². The van der Waals surface area contributed by atoms with Gasteiger partial charge in [0.25, 0.3) is 0 Å². The highest BCUT2D eigenvalue weighted by Crippen LogP contribution is 2.24. The zero-order valence-electron chi connectivity index (χ0n) is 16.8. The number of benzene rings is 1. The van der Waals surface area contributed by atoms with Crippen LogP contribution in [0.5, 0.6) is 0 Å². The van der Waals surface area contributed by atoms with Crippen LogP contribution in [-0.4, -0.2) is 53.2 Å². The van der Waals surface area contributed by atoms with Gasteiger partial charge in [0.05, 0.1) is 30.8 Å². The molecule has 0 unspecified atom stereocenters. The number of piperidine rings is 1. The molecule has 0 radical (unpaired) electrons. The Hall–Kier alpha value is -2.71. The second-order valence-electron chi connectivity index (χ2n) is 7.09. The predicted molar refractivity (Wildman–Crippen MR) is 111 cm³/mol. The zero-order valence-corrected chi connectivity index (χ0v) is 17.5. The van der Waals surface area contributed by atoms with Crippen molar-refractivity contribution in [1.82, 2.24) is 20.2 Å². The fourth-order valence-electron chi connectivity index (χ4n) is 3.42. The van der Waals surface area contributed by atoms with Crippen LogP contribution in [0.3, 0.4) is 0 Å². The molecule has 3 rings (SSSR count). The summed E-state index contributed by atoms with van der Waals surface area (Å²) in [5, 5.41) is 3.09. The minimum Gasteiger partial charge on any atom is -0.445 e. The van der Waals surface area contributed by atoms with Gasteiger partial charge in [-0.2, -0.15) is 0 Å². The van der Waals surface area contributed by atoms with E-state index in [2.05, 4.69) is 15.3 Å². The summed E-state index contributed by atoms with van der Waals surface area (Å²) in [5.41, 5.74) is 1.40. The molecule has 30 heavy (non-hydrogen) atoms. The van der Waals surface area contributed by atoms with Gasteiger partial charge in [0.1, 0.15) is 6.61 Å². The van der Waals surface area contributed by atoms with Crippen LogP contribution in [0.25, 0.3) is 0 Å². The lowest BCUT2D eigenvalue weighted by Crippen LogP contribution is -2.52. The van der Waals surface area contributed by atoms with Gasteiger partial charge in [0.15, 0.2) is 5.15 Å². The molecule has 0 saturated carbocycles. The summed E-state index contributed by atoms with van der Waals surface area (Å²) in [6.07, 6.45) is 3.86. The first-order valence-corrected chi connectivity index (χ1v) is 10.2. The third kappa shape index (κ3) is 5.90. The molecule has 0 spiro atoms. The molecule has 2 atom stereocenters. The van der Waals surface area contributed by atoms with Crippen molar-refractivity contribution in [3.05, 3.63) is 59.1 Å². The van der Waals surface area contributed by atoms with Crippen LogP contribution in [0.4, 0.5) is 4.79 Å². The van der Waals surface area contributed by atoms with Crippen molar-refractivity contribution in [3.8, 4) is 0 Å². The summed E-state index contributed by atoms with van der Waals surface area (Å²) in [6.45, 7) is 1.02. The van der Waals surface area contributed by atoms with Crippen LogP contribution in [0.1, 0.15) is 24.1 Å². The van der Waals surface area contributed by atoms with Crippen molar-refractivity contribution in [2.45, 2.75) is 32.0 Å². The van der Waals surface area contributed by atoms with Crippen LogP contribution in [0.2, 0.25) is 5.15 Å². The number of rotatable bonds is 7. The van der Waals surface area contributed by atoms with E-state index in [1.54, 1.807) is 12.0 Å². The van der Waals surface area contributed by atoms with Crippen LogP contribution in [0, 0.1) is 5.92 Å². The Bertz CT molecular complexity index is 852. The van der Waals surface area contributed by atoms with E-state index in [4.69, 9.17) is 21.1 Å². The fraction of sp³-hybridized carbons (Fsp3) is 0.429. The summed E-state index contributed by atoms with van der Waals surface area (Å²) >= 11 is 5.99. The van der Waals surface area contributed by atoms with Gasteiger partial charge in [-0.3, -0.25) is 9.78 Å². The molecule has 1 N–H and O–H groups in total. The molecule has 0 aliphatic carbocycles. The number of nitrogens with one attached hydrogen (secondary N) is 1. The maximum Gasteiger partial charge on any atom is 0.410 e. The second-order valence-corrected chi connectivity index (χ2v) is 7.45. The highest BCUT2D eigenvalue weighted by molar-refractivity contribution is 6.29. The molecule has 2 amide bonds. The first-order chi connectivity index (χ1) is 14.6. The van der Waals surface area contributed by atoms with Crippen molar-refractivity contribution in [3.63, 3.8) is 0 Å². The van der Waals surface area contributed by atoms with Gasteiger partial charge in [-0.05, 0) is 18.4 Å². The van der Waals surface area contributed by atoms with Gasteiger partial charge < -0.3 is 19.7 Å². The quantitative estimate of drug-likeness (QED) is 0.723. The minimum atomic E-state index is -0.449. The summed E-state index contributed by atoms with van der Waals surface area (Å²) < 4.78 is 10.7. The van der Waals surface area contributed by atoms with Crippen molar-refractivity contribution in [1.29, 1.82) is 0 Å². The number of likely N-dealkylation sites (tertiary alicyclic amines) is 1. The number of halogens is 1. The van der Waals surface area contributed by atoms with E-state index in [-0.39, 0.29) is 42.7 Å². The Labute approximate surface area is 180 Å². The summed E-state index contributed by atoms with van der Waals surface area (Å²) in [5.74, 6) is -0.508. The number of aromatic nitrogens is 2. The summed E-state index contributed by atoms with van der Waals surface area (Å²) in [6, 6.07) is 9.34. The maximum absolute atomic E-state index is 12.7. The van der Waals surface area contributed by atoms with E-state index in [9.17, 15) is 9.59 Å². The average molecular weight is 433 g/mol. The molecule has 9 heteroatoms. The zero-order chi connectivity index (χ0) is 21.3. The highest BCUT2D eigenvalue weighted by atomic mass is 35.5. The van der Waals surface area contributed by atoms with E-state index in [0.717, 1.165) is 5.56 Å². The van der Waals surface area contributed by atoms with Gasteiger partial charge in [0.2, 0.25) is 5.91 Å². The van der Waals surface area contributed by atoms with Crippen molar-refractivity contribution < 1.29 is 19.1 Å². The van der Waals surface area contributed by atoms with Crippen molar-refractivity contribution in [2.75, 3.05) is 20.3 Å². The molecule has 8 nitrogen and oxygen atoms in total. The number of ether oxygens (including phenoxy) is 2. The van der Waals surface area contributed by atoms with Gasteiger partial charge in [-0.25, -0.2) is 9.78 Å². The second kappa shape index (κ2) is 10.9. The Morgan fingerprint density at radius 2 is 1.97 bits per heavy atom. The van der Waals surface area contributed by atoms with Crippen LogP contribution < -0.4 is 5.32 Å². The lowest BCUT2D eigenvalue weighted by molar-refractivity contribution is -0.127. The van der Waals surface area contributed by atoms with Crippen LogP contribution in [-0.2, 0) is 27.4 Å². The Balaban J connectivity index is 1.58. The van der Waals surface area contributed by atoms with Gasteiger partial charge in [-0.1, -0.05) is 41.9 Å². The molecule has 1 fully saturated rings. The normalized spacial score (nSPS) is 18.7. The molecule has 2 heterocycles. The number of hydrogen-bond donors (Lipinski definition) is 1. The van der Waals surface area contributed by atoms with Crippen molar-refractivity contribution >= 4 is 23.6 Å². The van der Waals surface area contributed by atoms with Gasteiger partial charge >= 0.3 is 6.09 Å². The number of nitrogens with zero attached hydrogens (tertiary/aromatic N) is 3. The average Bonchev–Trinajstić information content (AvgIpc) is 2.78. The maximum atomic E-state index is 12.7. The molecule has 1 aliphatic heterocycles. The summed E-state index contributed by atoms with van der Waals surface area (Å²) in [7, 11) is 1.59. The molecular formula is C21H25ClN4O4. The molecule has 160 valence electrons. The van der Waals surface area contributed by atoms with Crippen LogP contribution >= 0.6 is 11.6 Å². The third-order valence-electron chi connectivity index (χ3n) is 5.03. The van der Waals surface area contributed by atoms with Crippen molar-refractivity contribution in [2.24, 2.45) is 5.92 Å². The number of carbonyl (C=O) groups is 2. The standard InChI is InChI=1S/C21H25ClN4O4/c1-29-14-17-8-7-16(20(27)25-11-18-19(22)24-10-9-23-18)12-26(17)21(28)30-13-15-5-3-2-4-6-15/h2-6,9-10,16-17H,7-8,11-14H2,1H3,(H,25,27)/t16-,17-/m1/s1. The smallest absolute Gasteiger partial charge is 0.410 e. The Kier molecular flexibility index (Phi) is 7.98. The monoisotopic (exact) mass is 432 g/mol. The fourth-order valence-corrected chi connectivity index (χ4v) is 3.59. The molecule has 1 saturated heterocycles. The van der Waals surface area contributed by atoms with E-state index in [0.29, 0.717) is 25.1 Å². The van der Waals surface area contributed by atoms with E-state index in [1.807, 2.05) is 30.3 Å². The van der Waals surface area contributed by atoms with E-state index >= 15 is 0 Å². The third-order valence-corrected chi connectivity index (χ3v) is 5.34. The Morgan fingerprint density at radius 1 is 1.20 bits per heavy atom. The molecule has 1 aromatic heterocycles. The molecule has 0 bridgehead atoms. The topological polar surface area (TPSA) is 93.6 Å². The minimum absolute atomic E-state index is 0.128. The molecule has 1 aliphatic rings. The molecule has 2 aromatic rings. The highest BCUT2D eigenvalue weighted by Gasteiger charge is 2.35. The number of hydrogen-bond acceptors (Lipinski definition) is 6. The van der Waals surface area contributed by atoms with Gasteiger partial charge in [-0.15, -0.1) is 0 Å². The lowest BCUT2D eigenvalue weighted by Gasteiger charge is -2.38. The summed E-state index contributed by atoms with van der Waals surface area (Å²) in [4.78, 5) is 35.1. The molecular weight excluding hydrogens is 408 g/mol. The number of amides is 2. The van der Waals surface area contributed by atoms with E-state index < -0.39 is 6.09 Å². The first kappa shape index (κ1) is 22.0. The first-order valence-electron chi connectivity index (χ1n) is 9.77.